The lowest BCUT2D eigenvalue weighted by Gasteiger charge is -2.34. The normalized spacial score (nSPS) is 19.7. The molecule has 2 saturated heterocycles. The lowest BCUT2D eigenvalue weighted by Crippen LogP contribution is -2.57. The quantitative estimate of drug-likeness (QED) is 0.143. The first-order chi connectivity index (χ1) is 29.7. The largest absolute Gasteiger partial charge is 0.453 e. The fourth-order valence-corrected chi connectivity index (χ4v) is 7.75. The first-order valence-electron chi connectivity index (χ1n) is 20.9. The van der Waals surface area contributed by atoms with E-state index in [9.17, 15) is 39.0 Å². The van der Waals surface area contributed by atoms with Crippen LogP contribution in [0.5, 0.6) is 0 Å². The monoisotopic (exact) mass is 871 g/mol. The third-order valence-electron chi connectivity index (χ3n) is 11.2. The maximum atomic E-state index is 13.7. The molecule has 0 aliphatic carbocycles. The summed E-state index contributed by atoms with van der Waals surface area (Å²) in [5, 5.41) is 31.9. The predicted octanol–water partition coefficient (Wildman–Crippen LogP) is 4.24. The fraction of sp³-hybridized carbons (Fsp3) is 0.478. The van der Waals surface area contributed by atoms with Crippen molar-refractivity contribution in [3.63, 3.8) is 0 Å². The Morgan fingerprint density at radius 1 is 0.619 bits per heavy atom. The molecule has 3 aromatic rings. The Kier molecular flexibility index (Phi) is 15.4. The van der Waals surface area contributed by atoms with E-state index < -0.39 is 83.0 Å². The molecule has 0 spiro atoms. The third kappa shape index (κ3) is 12.5. The van der Waals surface area contributed by atoms with Gasteiger partial charge in [-0.3, -0.25) is 19.2 Å². The number of likely N-dealkylation sites (tertiary alicyclic amines) is 2. The van der Waals surface area contributed by atoms with E-state index in [1.54, 1.807) is 65.8 Å². The SMILES string of the molecule is COC(=O)NC(C(=O)N1CC(O)CC1C(=O)Nc1ccc(CN(Cc2ccc(NC(=O)C3CC(O)CN3C(=O)C(NC(=O)OC)C(C)(C)C)cc2)c2ccccc2)cc1)C(C)(C)C. The molecule has 6 atom stereocenters. The summed E-state index contributed by atoms with van der Waals surface area (Å²) in [7, 11) is 2.41. The highest BCUT2D eigenvalue weighted by atomic mass is 16.5. The van der Waals surface area contributed by atoms with Gasteiger partial charge in [-0.2, -0.15) is 0 Å². The van der Waals surface area contributed by atoms with E-state index in [2.05, 4.69) is 26.2 Å². The molecule has 340 valence electrons. The summed E-state index contributed by atoms with van der Waals surface area (Å²) < 4.78 is 9.45. The maximum absolute atomic E-state index is 13.7. The van der Waals surface area contributed by atoms with Gasteiger partial charge < -0.3 is 55.7 Å². The number of methoxy groups -OCH3 is 2. The van der Waals surface area contributed by atoms with Crippen LogP contribution in [-0.2, 0) is 41.7 Å². The second kappa shape index (κ2) is 20.3. The van der Waals surface area contributed by atoms with E-state index in [-0.39, 0.29) is 25.9 Å². The molecular formula is C46H61N7O10. The van der Waals surface area contributed by atoms with E-state index >= 15 is 0 Å². The van der Waals surface area contributed by atoms with Gasteiger partial charge in [0.2, 0.25) is 23.6 Å². The Labute approximate surface area is 368 Å². The van der Waals surface area contributed by atoms with Crippen LogP contribution >= 0.6 is 0 Å². The van der Waals surface area contributed by atoms with Crippen molar-refractivity contribution < 1.29 is 48.5 Å². The van der Waals surface area contributed by atoms with Crippen LogP contribution in [0.3, 0.4) is 0 Å². The number of nitrogens with zero attached hydrogens (tertiary/aromatic N) is 3. The molecule has 6 amide bonds. The number of carbonyl (C=O) groups is 6. The molecule has 17 nitrogen and oxygen atoms in total. The van der Waals surface area contributed by atoms with Gasteiger partial charge in [0.25, 0.3) is 0 Å². The molecule has 17 heteroatoms. The highest BCUT2D eigenvalue weighted by Gasteiger charge is 2.46. The number of aliphatic hydroxyl groups excluding tert-OH is 2. The van der Waals surface area contributed by atoms with Crippen LogP contribution in [0.15, 0.2) is 78.9 Å². The molecule has 2 aliphatic rings. The van der Waals surface area contributed by atoms with E-state index in [1.165, 1.54) is 24.0 Å². The Bertz CT molecular complexity index is 1960. The Morgan fingerprint density at radius 3 is 1.32 bits per heavy atom. The van der Waals surface area contributed by atoms with Crippen molar-refractivity contribution in [2.24, 2.45) is 10.8 Å². The second-order valence-electron chi connectivity index (χ2n) is 18.2. The Balaban J connectivity index is 1.24. The van der Waals surface area contributed by atoms with Gasteiger partial charge in [-0.15, -0.1) is 0 Å². The van der Waals surface area contributed by atoms with Gasteiger partial charge in [-0.05, 0) is 58.4 Å². The van der Waals surface area contributed by atoms with Crippen molar-refractivity contribution in [1.82, 2.24) is 20.4 Å². The van der Waals surface area contributed by atoms with Gasteiger partial charge in [0, 0.05) is 56.1 Å². The molecule has 6 N–H and O–H groups in total. The second-order valence-corrected chi connectivity index (χ2v) is 18.2. The number of hydrogen-bond acceptors (Lipinski definition) is 11. The number of hydrogen-bond donors (Lipinski definition) is 6. The molecule has 3 aromatic carbocycles. The molecule has 2 fully saturated rings. The van der Waals surface area contributed by atoms with Gasteiger partial charge in [-0.25, -0.2) is 9.59 Å². The number of rotatable bonds is 13. The highest BCUT2D eigenvalue weighted by Crippen LogP contribution is 2.29. The Hall–Kier alpha value is -6.20. The van der Waals surface area contributed by atoms with Crippen LogP contribution in [0.4, 0.5) is 26.7 Å². The van der Waals surface area contributed by atoms with Gasteiger partial charge >= 0.3 is 12.2 Å². The number of carbonyl (C=O) groups excluding carboxylic acids is 6. The molecule has 0 aromatic heterocycles. The van der Waals surface area contributed by atoms with E-state index in [4.69, 9.17) is 9.47 Å². The van der Waals surface area contributed by atoms with Crippen molar-refractivity contribution in [2.75, 3.05) is 42.8 Å². The topological polar surface area (TPSA) is 219 Å². The van der Waals surface area contributed by atoms with E-state index in [0.29, 0.717) is 24.5 Å². The minimum Gasteiger partial charge on any atom is -0.453 e. The molecule has 2 heterocycles. The van der Waals surface area contributed by atoms with Gasteiger partial charge in [0.15, 0.2) is 0 Å². The zero-order valence-electron chi connectivity index (χ0n) is 37.2. The minimum absolute atomic E-state index is 0.0457. The van der Waals surface area contributed by atoms with Crippen LogP contribution in [-0.4, -0.2) is 120 Å². The Morgan fingerprint density at radius 2 is 0.984 bits per heavy atom. The average Bonchev–Trinajstić information content (AvgIpc) is 3.84. The summed E-state index contributed by atoms with van der Waals surface area (Å²) in [6, 6.07) is 20.6. The zero-order chi connectivity index (χ0) is 46.2. The molecular weight excluding hydrogens is 811 g/mol. The predicted molar refractivity (Wildman–Crippen MR) is 236 cm³/mol. The molecule has 5 rings (SSSR count). The summed E-state index contributed by atoms with van der Waals surface area (Å²) >= 11 is 0. The summed E-state index contributed by atoms with van der Waals surface area (Å²) in [6.45, 7) is 11.6. The number of β-amino-alcohol motifs (C(OH)–C–C–N with tert-alkyl or cyclic N) is 2. The zero-order valence-corrected chi connectivity index (χ0v) is 37.2. The molecule has 63 heavy (non-hydrogen) atoms. The van der Waals surface area contributed by atoms with Crippen LogP contribution in [0, 0.1) is 10.8 Å². The van der Waals surface area contributed by atoms with Gasteiger partial charge in [-0.1, -0.05) is 84.0 Å². The number of nitrogens with one attached hydrogen (secondary N) is 4. The number of amides is 6. The van der Waals surface area contributed by atoms with E-state index in [0.717, 1.165) is 16.8 Å². The van der Waals surface area contributed by atoms with Crippen LogP contribution < -0.4 is 26.2 Å². The maximum Gasteiger partial charge on any atom is 0.407 e. The third-order valence-corrected chi connectivity index (χ3v) is 11.2. The number of ether oxygens (including phenoxy) is 2. The number of aliphatic hydroxyl groups is 2. The lowest BCUT2D eigenvalue weighted by molar-refractivity contribution is -0.140. The van der Waals surface area contributed by atoms with Crippen molar-refractivity contribution in [1.29, 1.82) is 0 Å². The van der Waals surface area contributed by atoms with Crippen molar-refractivity contribution >= 4 is 52.9 Å². The van der Waals surface area contributed by atoms with Crippen molar-refractivity contribution in [3.05, 3.63) is 90.0 Å². The van der Waals surface area contributed by atoms with Crippen LogP contribution in [0.2, 0.25) is 0 Å². The minimum atomic E-state index is -0.995. The smallest absolute Gasteiger partial charge is 0.407 e. The summed E-state index contributed by atoms with van der Waals surface area (Å²) in [5.41, 5.74) is 2.47. The molecule has 0 saturated carbocycles. The molecule has 0 radical (unpaired) electrons. The van der Waals surface area contributed by atoms with E-state index in [1.807, 2.05) is 54.6 Å². The first-order valence-corrected chi connectivity index (χ1v) is 20.9. The van der Waals surface area contributed by atoms with Crippen molar-refractivity contribution in [2.45, 2.75) is 104 Å². The summed E-state index contributed by atoms with van der Waals surface area (Å²) in [5.74, 6) is -1.91. The van der Waals surface area contributed by atoms with Crippen LogP contribution in [0.1, 0.15) is 65.5 Å². The number of benzene rings is 3. The molecule has 2 aliphatic heterocycles. The lowest BCUT2D eigenvalue weighted by atomic mass is 9.85. The number of anilines is 3. The molecule has 0 bridgehead atoms. The summed E-state index contributed by atoms with van der Waals surface area (Å²) in [6.07, 6.45) is -3.28. The summed E-state index contributed by atoms with van der Waals surface area (Å²) in [4.78, 5) is 83.5. The van der Waals surface area contributed by atoms with Crippen LogP contribution in [0.25, 0.3) is 0 Å². The number of para-hydroxylation sites is 1. The highest BCUT2D eigenvalue weighted by molar-refractivity contribution is 6.00. The fourth-order valence-electron chi connectivity index (χ4n) is 7.75. The van der Waals surface area contributed by atoms with Crippen molar-refractivity contribution in [3.8, 4) is 0 Å². The first kappa shape index (κ1) is 47.8. The average molecular weight is 872 g/mol. The van der Waals surface area contributed by atoms with Gasteiger partial charge in [0.05, 0.1) is 26.4 Å². The molecule has 6 unspecified atom stereocenters. The standard InChI is InChI=1S/C46H61N7O10/c1-45(2,3)37(49-43(60)62-7)41(58)52-26-33(54)22-35(52)39(56)47-30-18-14-28(15-19-30)24-51(32-12-10-9-11-13-32)25-29-16-20-31(21-17-29)48-40(57)36-23-34(55)27-53(36)42(59)38(46(4,5)6)50-44(61)63-8/h9-21,33-38,54-55H,22-27H2,1-8H3,(H,47,56)(H,48,57)(H,49,60)(H,50,61). The number of alkyl carbamates (subject to hydrolysis) is 2. The van der Waals surface area contributed by atoms with Gasteiger partial charge in [0.1, 0.15) is 24.2 Å².